The molecular weight excluding hydrogens is 276 g/mol. The van der Waals surface area contributed by atoms with Crippen molar-refractivity contribution in [1.29, 1.82) is 0 Å². The summed E-state index contributed by atoms with van der Waals surface area (Å²) in [5.74, 6) is 1.83. The Bertz CT molecular complexity index is 662. The number of hydrogen-bond acceptors (Lipinski definition) is 3. The molecule has 4 heteroatoms. The number of aromatic nitrogens is 1. The van der Waals surface area contributed by atoms with E-state index in [1.165, 1.54) is 12.8 Å². The minimum atomic E-state index is 0.0888. The number of nitrogens with zero attached hydrogens (tertiary/aromatic N) is 1. The van der Waals surface area contributed by atoms with E-state index in [0.717, 1.165) is 24.0 Å². The highest BCUT2D eigenvalue weighted by Gasteiger charge is 2.35. The smallest absolute Gasteiger partial charge is 0.227 e. The summed E-state index contributed by atoms with van der Waals surface area (Å²) >= 11 is 0. The molecule has 0 radical (unpaired) electrons. The van der Waals surface area contributed by atoms with Gasteiger partial charge < -0.3 is 9.73 Å². The second-order valence-corrected chi connectivity index (χ2v) is 6.93. The highest BCUT2D eigenvalue weighted by Crippen LogP contribution is 2.38. The van der Waals surface area contributed by atoms with E-state index in [0.29, 0.717) is 23.3 Å². The molecule has 2 aromatic rings. The number of rotatable bonds is 3. The van der Waals surface area contributed by atoms with Crippen LogP contribution in [0, 0.1) is 23.7 Å². The first-order valence-electron chi connectivity index (χ1n) is 8.19. The van der Waals surface area contributed by atoms with Gasteiger partial charge in [0.25, 0.3) is 0 Å². The zero-order chi connectivity index (χ0) is 15.7. The molecule has 1 N–H and O–H groups in total. The number of nitrogens with one attached hydrogen (secondary N) is 1. The number of carbonyl (C=O) groups excluding carboxylic acids is 1. The molecule has 3 atom stereocenters. The molecule has 1 saturated carbocycles. The number of fused-ring (bicyclic) bond motifs is 1. The minimum Gasteiger partial charge on any atom is -0.443 e. The summed E-state index contributed by atoms with van der Waals surface area (Å²) in [6.07, 6.45) is 4.76. The lowest BCUT2D eigenvalue weighted by Crippen LogP contribution is -2.36. The normalized spacial score (nSPS) is 25.5. The highest BCUT2D eigenvalue weighted by molar-refractivity contribution is 5.99. The summed E-state index contributed by atoms with van der Waals surface area (Å²) in [6.45, 7) is 6.69. The summed E-state index contributed by atoms with van der Waals surface area (Å²) in [5.41, 5.74) is 2.17. The maximum Gasteiger partial charge on any atom is 0.227 e. The third-order valence-corrected chi connectivity index (χ3v) is 4.98. The molecule has 118 valence electrons. The van der Waals surface area contributed by atoms with Crippen LogP contribution in [-0.2, 0) is 4.79 Å². The van der Waals surface area contributed by atoms with Gasteiger partial charge in [-0.3, -0.25) is 4.79 Å². The second-order valence-electron chi connectivity index (χ2n) is 6.93. The van der Waals surface area contributed by atoms with Crippen LogP contribution >= 0.6 is 0 Å². The first kappa shape index (κ1) is 15.1. The molecule has 1 aliphatic carbocycles. The van der Waals surface area contributed by atoms with E-state index in [1.807, 2.05) is 18.2 Å². The fourth-order valence-electron chi connectivity index (χ4n) is 3.72. The summed E-state index contributed by atoms with van der Waals surface area (Å²) in [5, 5.41) is 3.08. The highest BCUT2D eigenvalue weighted by atomic mass is 16.3. The zero-order valence-electron chi connectivity index (χ0n) is 13.5. The number of para-hydroxylation sites is 1. The first-order valence-corrected chi connectivity index (χ1v) is 8.19. The fourth-order valence-corrected chi connectivity index (χ4v) is 3.72. The third-order valence-electron chi connectivity index (χ3n) is 4.98. The molecule has 22 heavy (non-hydrogen) atoms. The van der Waals surface area contributed by atoms with Crippen molar-refractivity contribution < 1.29 is 9.21 Å². The number of benzene rings is 1. The van der Waals surface area contributed by atoms with Crippen molar-refractivity contribution in [2.24, 2.45) is 23.7 Å². The van der Waals surface area contributed by atoms with Crippen molar-refractivity contribution in [3.63, 3.8) is 0 Å². The molecular formula is C18H24N2O2. The van der Waals surface area contributed by atoms with Crippen LogP contribution in [0.3, 0.4) is 0 Å². The van der Waals surface area contributed by atoms with Crippen LogP contribution in [-0.4, -0.2) is 10.9 Å². The van der Waals surface area contributed by atoms with Gasteiger partial charge in [-0.15, -0.1) is 0 Å². The summed E-state index contributed by atoms with van der Waals surface area (Å²) in [7, 11) is 0. The zero-order valence-corrected chi connectivity index (χ0v) is 13.5. The topological polar surface area (TPSA) is 55.1 Å². The molecule has 0 bridgehead atoms. The van der Waals surface area contributed by atoms with Gasteiger partial charge >= 0.3 is 0 Å². The summed E-state index contributed by atoms with van der Waals surface area (Å²) in [6, 6.07) is 5.63. The predicted octanol–water partition coefficient (Wildman–Crippen LogP) is 4.47. The summed E-state index contributed by atoms with van der Waals surface area (Å²) < 4.78 is 5.30. The van der Waals surface area contributed by atoms with E-state index in [4.69, 9.17) is 4.42 Å². The monoisotopic (exact) mass is 300 g/mol. The SMILES string of the molecule is CC(C)[C@@H]1CC[C@@H](C)C[C@H]1C(=O)Nc1cccc2ocnc12. The quantitative estimate of drug-likeness (QED) is 0.909. The third kappa shape index (κ3) is 2.87. The number of oxazole rings is 1. The van der Waals surface area contributed by atoms with Crippen molar-refractivity contribution in [2.45, 2.75) is 40.0 Å². The lowest BCUT2D eigenvalue weighted by Gasteiger charge is -2.36. The Hall–Kier alpha value is -1.84. The number of hydrogen-bond donors (Lipinski definition) is 1. The minimum absolute atomic E-state index is 0.0888. The van der Waals surface area contributed by atoms with E-state index < -0.39 is 0 Å². The van der Waals surface area contributed by atoms with Crippen molar-refractivity contribution in [2.75, 3.05) is 5.32 Å². The lowest BCUT2D eigenvalue weighted by molar-refractivity contribution is -0.123. The van der Waals surface area contributed by atoms with E-state index >= 15 is 0 Å². The molecule has 1 aliphatic rings. The van der Waals surface area contributed by atoms with Crippen molar-refractivity contribution in [1.82, 2.24) is 4.98 Å². The molecule has 1 amide bonds. The van der Waals surface area contributed by atoms with Crippen LogP contribution < -0.4 is 5.32 Å². The van der Waals surface area contributed by atoms with Gasteiger partial charge in [-0.05, 0) is 42.7 Å². The van der Waals surface area contributed by atoms with E-state index in [-0.39, 0.29) is 11.8 Å². The van der Waals surface area contributed by atoms with Crippen LogP contribution in [0.5, 0.6) is 0 Å². The average Bonchev–Trinajstić information content (AvgIpc) is 2.96. The molecule has 0 saturated heterocycles. The largest absolute Gasteiger partial charge is 0.443 e. The first-order chi connectivity index (χ1) is 10.6. The molecule has 1 heterocycles. The van der Waals surface area contributed by atoms with E-state index in [2.05, 4.69) is 31.1 Å². The maximum absolute atomic E-state index is 12.8. The van der Waals surface area contributed by atoms with E-state index in [9.17, 15) is 4.79 Å². The van der Waals surface area contributed by atoms with Gasteiger partial charge in [-0.25, -0.2) is 4.98 Å². The molecule has 1 aromatic carbocycles. The summed E-state index contributed by atoms with van der Waals surface area (Å²) in [4.78, 5) is 17.0. The van der Waals surface area contributed by atoms with Crippen LogP contribution in [0.4, 0.5) is 5.69 Å². The van der Waals surface area contributed by atoms with Gasteiger partial charge in [0.05, 0.1) is 5.69 Å². The molecule has 0 aliphatic heterocycles. The van der Waals surface area contributed by atoms with Crippen molar-refractivity contribution in [3.05, 3.63) is 24.6 Å². The lowest BCUT2D eigenvalue weighted by atomic mass is 9.70. The number of amides is 1. The Morgan fingerprint density at radius 3 is 2.95 bits per heavy atom. The average molecular weight is 300 g/mol. The Morgan fingerprint density at radius 1 is 1.36 bits per heavy atom. The van der Waals surface area contributed by atoms with Gasteiger partial charge in [0.2, 0.25) is 5.91 Å². The van der Waals surface area contributed by atoms with Crippen LogP contribution in [0.25, 0.3) is 11.1 Å². The molecule has 3 rings (SSSR count). The van der Waals surface area contributed by atoms with Crippen molar-refractivity contribution >= 4 is 22.7 Å². The molecule has 0 unspecified atom stereocenters. The molecule has 0 spiro atoms. The Morgan fingerprint density at radius 2 is 2.18 bits per heavy atom. The van der Waals surface area contributed by atoms with Crippen LogP contribution in [0.2, 0.25) is 0 Å². The number of anilines is 1. The van der Waals surface area contributed by atoms with Gasteiger partial charge in [0, 0.05) is 5.92 Å². The predicted molar refractivity (Wildman–Crippen MR) is 87.5 cm³/mol. The van der Waals surface area contributed by atoms with Crippen LogP contribution in [0.15, 0.2) is 29.0 Å². The fraction of sp³-hybridized carbons (Fsp3) is 0.556. The molecule has 4 nitrogen and oxygen atoms in total. The second kappa shape index (κ2) is 6.11. The maximum atomic E-state index is 12.8. The van der Waals surface area contributed by atoms with Gasteiger partial charge in [0.15, 0.2) is 12.0 Å². The Balaban J connectivity index is 1.81. The Kier molecular flexibility index (Phi) is 4.19. The standard InChI is InChI=1S/C18H24N2O2/c1-11(2)13-8-7-12(3)9-14(13)18(21)20-15-5-4-6-16-17(15)19-10-22-16/h4-6,10-14H,7-9H2,1-3H3,(H,20,21)/t12-,13+,14-/m1/s1. The van der Waals surface area contributed by atoms with Gasteiger partial charge in [0.1, 0.15) is 5.52 Å². The molecule has 1 aromatic heterocycles. The van der Waals surface area contributed by atoms with Gasteiger partial charge in [-0.1, -0.05) is 33.3 Å². The van der Waals surface area contributed by atoms with Gasteiger partial charge in [-0.2, -0.15) is 0 Å². The Labute approximate surface area is 131 Å². The number of carbonyl (C=O) groups is 1. The van der Waals surface area contributed by atoms with E-state index in [1.54, 1.807) is 0 Å². The molecule has 1 fully saturated rings. The van der Waals surface area contributed by atoms with Crippen molar-refractivity contribution in [3.8, 4) is 0 Å². The van der Waals surface area contributed by atoms with Crippen LogP contribution in [0.1, 0.15) is 40.0 Å².